The van der Waals surface area contributed by atoms with Gasteiger partial charge in [-0.3, -0.25) is 4.99 Å². The fourth-order valence-corrected chi connectivity index (χ4v) is 2.65. The summed E-state index contributed by atoms with van der Waals surface area (Å²) in [6, 6.07) is 7.77. The fourth-order valence-electron chi connectivity index (χ4n) is 2.65. The SMILES string of the molecule is C#CCNC(=NCCCOCC1CCCO1)Nc1ccc(OC(C)C)cc1. The fraction of sp³-hybridized carbons (Fsp3) is 0.571. The summed E-state index contributed by atoms with van der Waals surface area (Å²) in [5.41, 5.74) is 0.920. The molecule has 0 bridgehead atoms. The van der Waals surface area contributed by atoms with E-state index in [0.29, 0.717) is 32.3 Å². The molecular weight excluding hydrogens is 342 g/mol. The summed E-state index contributed by atoms with van der Waals surface area (Å²) in [4.78, 5) is 4.55. The topological polar surface area (TPSA) is 64.1 Å². The standard InChI is InChI=1S/C21H31N3O3/c1-4-12-22-21(23-13-6-14-25-16-20-7-5-15-26-20)24-18-8-10-19(11-9-18)27-17(2)3/h1,8-11,17,20H,5-7,12-16H2,2-3H3,(H2,22,23,24). The molecule has 148 valence electrons. The molecular formula is C21H31N3O3. The highest BCUT2D eigenvalue weighted by Crippen LogP contribution is 2.17. The first-order valence-electron chi connectivity index (χ1n) is 9.62. The molecule has 0 spiro atoms. The molecule has 6 nitrogen and oxygen atoms in total. The minimum Gasteiger partial charge on any atom is -0.491 e. The average molecular weight is 373 g/mol. The van der Waals surface area contributed by atoms with E-state index in [0.717, 1.165) is 37.3 Å². The Hall–Kier alpha value is -2.23. The number of hydrogen-bond donors (Lipinski definition) is 2. The van der Waals surface area contributed by atoms with Crippen LogP contribution in [0.5, 0.6) is 5.75 Å². The maximum Gasteiger partial charge on any atom is 0.196 e. The van der Waals surface area contributed by atoms with Crippen LogP contribution in [0.2, 0.25) is 0 Å². The van der Waals surface area contributed by atoms with Gasteiger partial charge in [0.1, 0.15) is 5.75 Å². The zero-order valence-corrected chi connectivity index (χ0v) is 16.4. The van der Waals surface area contributed by atoms with Gasteiger partial charge in [0.15, 0.2) is 5.96 Å². The van der Waals surface area contributed by atoms with Crippen molar-refractivity contribution in [1.82, 2.24) is 5.32 Å². The van der Waals surface area contributed by atoms with Crippen LogP contribution in [0.1, 0.15) is 33.1 Å². The predicted octanol–water partition coefficient (Wildman–Crippen LogP) is 3.05. The molecule has 6 heteroatoms. The third-order valence-corrected chi connectivity index (χ3v) is 3.89. The molecule has 1 aromatic rings. The van der Waals surface area contributed by atoms with Gasteiger partial charge in [-0.2, -0.15) is 0 Å². The second kappa shape index (κ2) is 12.2. The van der Waals surface area contributed by atoms with E-state index in [1.807, 2.05) is 38.1 Å². The first-order valence-corrected chi connectivity index (χ1v) is 9.62. The van der Waals surface area contributed by atoms with Crippen molar-refractivity contribution < 1.29 is 14.2 Å². The van der Waals surface area contributed by atoms with Crippen molar-refractivity contribution in [1.29, 1.82) is 0 Å². The molecule has 27 heavy (non-hydrogen) atoms. The van der Waals surface area contributed by atoms with E-state index in [4.69, 9.17) is 20.6 Å². The Morgan fingerprint density at radius 2 is 2.19 bits per heavy atom. The highest BCUT2D eigenvalue weighted by atomic mass is 16.5. The molecule has 1 atom stereocenters. The second-order valence-corrected chi connectivity index (χ2v) is 6.67. The zero-order chi connectivity index (χ0) is 19.3. The number of terminal acetylenes is 1. The number of hydrogen-bond acceptors (Lipinski definition) is 4. The van der Waals surface area contributed by atoms with Crippen molar-refractivity contribution in [2.75, 3.05) is 38.2 Å². The first kappa shape index (κ1) is 21.1. The normalized spacial score (nSPS) is 17.0. The van der Waals surface area contributed by atoms with Gasteiger partial charge in [-0.05, 0) is 57.4 Å². The molecule has 1 aliphatic rings. The van der Waals surface area contributed by atoms with Gasteiger partial charge in [-0.15, -0.1) is 6.42 Å². The molecule has 0 amide bonds. The minimum absolute atomic E-state index is 0.153. The third-order valence-electron chi connectivity index (χ3n) is 3.89. The molecule has 0 aromatic heterocycles. The largest absolute Gasteiger partial charge is 0.491 e. The summed E-state index contributed by atoms with van der Waals surface area (Å²) < 4.78 is 16.9. The second-order valence-electron chi connectivity index (χ2n) is 6.67. The van der Waals surface area contributed by atoms with Crippen molar-refractivity contribution in [3.05, 3.63) is 24.3 Å². The molecule has 1 aromatic carbocycles. The number of rotatable bonds is 10. The summed E-state index contributed by atoms with van der Waals surface area (Å²) in [5.74, 6) is 4.06. The number of nitrogens with one attached hydrogen (secondary N) is 2. The zero-order valence-electron chi connectivity index (χ0n) is 16.4. The van der Waals surface area contributed by atoms with Crippen LogP contribution in [0.3, 0.4) is 0 Å². The molecule has 1 fully saturated rings. The van der Waals surface area contributed by atoms with E-state index >= 15 is 0 Å². The van der Waals surface area contributed by atoms with Crippen LogP contribution in [0.4, 0.5) is 5.69 Å². The van der Waals surface area contributed by atoms with Gasteiger partial charge >= 0.3 is 0 Å². The number of aliphatic imine (C=N–C) groups is 1. The van der Waals surface area contributed by atoms with E-state index in [-0.39, 0.29) is 12.2 Å². The summed E-state index contributed by atoms with van der Waals surface area (Å²) in [6.07, 6.45) is 8.85. The smallest absolute Gasteiger partial charge is 0.196 e. The predicted molar refractivity (Wildman–Crippen MR) is 109 cm³/mol. The Labute approximate surface area is 162 Å². The average Bonchev–Trinajstić information content (AvgIpc) is 3.17. The Morgan fingerprint density at radius 1 is 1.37 bits per heavy atom. The van der Waals surface area contributed by atoms with Crippen LogP contribution in [0.25, 0.3) is 0 Å². The lowest BCUT2D eigenvalue weighted by molar-refractivity contribution is 0.0171. The van der Waals surface area contributed by atoms with Gasteiger partial charge < -0.3 is 24.8 Å². The number of guanidine groups is 1. The van der Waals surface area contributed by atoms with Crippen LogP contribution >= 0.6 is 0 Å². The van der Waals surface area contributed by atoms with E-state index in [2.05, 4.69) is 21.5 Å². The van der Waals surface area contributed by atoms with E-state index in [1.165, 1.54) is 0 Å². The third kappa shape index (κ3) is 8.80. The molecule has 1 unspecified atom stereocenters. The highest BCUT2D eigenvalue weighted by Gasteiger charge is 2.14. The van der Waals surface area contributed by atoms with Crippen molar-refractivity contribution in [2.45, 2.75) is 45.3 Å². The number of nitrogens with zero attached hydrogens (tertiary/aromatic N) is 1. The quantitative estimate of drug-likeness (QED) is 0.286. The van der Waals surface area contributed by atoms with Crippen LogP contribution in [-0.4, -0.2) is 51.1 Å². The van der Waals surface area contributed by atoms with Crippen molar-refractivity contribution >= 4 is 11.6 Å². The van der Waals surface area contributed by atoms with Crippen LogP contribution in [0, 0.1) is 12.3 Å². The van der Waals surface area contributed by atoms with Crippen LogP contribution in [-0.2, 0) is 9.47 Å². The van der Waals surface area contributed by atoms with E-state index in [9.17, 15) is 0 Å². The van der Waals surface area contributed by atoms with Crippen LogP contribution < -0.4 is 15.4 Å². The van der Waals surface area contributed by atoms with Crippen LogP contribution in [0.15, 0.2) is 29.3 Å². The van der Waals surface area contributed by atoms with Gasteiger partial charge in [0.05, 0.1) is 25.4 Å². The minimum atomic E-state index is 0.153. The molecule has 1 aliphatic heterocycles. The van der Waals surface area contributed by atoms with E-state index < -0.39 is 0 Å². The molecule has 0 saturated carbocycles. The lowest BCUT2D eigenvalue weighted by Gasteiger charge is -2.13. The Balaban J connectivity index is 1.75. The summed E-state index contributed by atoms with van der Waals surface area (Å²) >= 11 is 0. The lowest BCUT2D eigenvalue weighted by Crippen LogP contribution is -2.31. The Kier molecular flexibility index (Phi) is 9.53. The molecule has 0 radical (unpaired) electrons. The molecule has 1 heterocycles. The van der Waals surface area contributed by atoms with Gasteiger partial charge in [-0.25, -0.2) is 0 Å². The highest BCUT2D eigenvalue weighted by molar-refractivity contribution is 5.93. The van der Waals surface area contributed by atoms with Crippen molar-refractivity contribution in [3.8, 4) is 18.1 Å². The monoisotopic (exact) mass is 373 g/mol. The molecule has 1 saturated heterocycles. The van der Waals surface area contributed by atoms with Crippen molar-refractivity contribution in [3.63, 3.8) is 0 Å². The van der Waals surface area contributed by atoms with Gasteiger partial charge in [0.2, 0.25) is 0 Å². The molecule has 0 aliphatic carbocycles. The van der Waals surface area contributed by atoms with Gasteiger partial charge in [0, 0.05) is 25.4 Å². The lowest BCUT2D eigenvalue weighted by atomic mass is 10.2. The van der Waals surface area contributed by atoms with Gasteiger partial charge in [-0.1, -0.05) is 5.92 Å². The van der Waals surface area contributed by atoms with E-state index in [1.54, 1.807) is 0 Å². The molecule has 2 rings (SSSR count). The summed E-state index contributed by atoms with van der Waals surface area (Å²) in [5, 5.41) is 6.37. The van der Waals surface area contributed by atoms with Crippen molar-refractivity contribution in [2.24, 2.45) is 4.99 Å². The maximum absolute atomic E-state index is 5.66. The Morgan fingerprint density at radius 3 is 2.85 bits per heavy atom. The number of anilines is 1. The number of benzene rings is 1. The number of ether oxygens (including phenoxy) is 3. The maximum atomic E-state index is 5.66. The first-order chi connectivity index (χ1) is 13.2. The Bertz CT molecular complexity index is 602. The van der Waals surface area contributed by atoms with Gasteiger partial charge in [0.25, 0.3) is 0 Å². The summed E-state index contributed by atoms with van der Waals surface area (Å²) in [7, 11) is 0. The molecule has 2 N–H and O–H groups in total. The summed E-state index contributed by atoms with van der Waals surface area (Å²) in [6.45, 7) is 7.28.